The lowest BCUT2D eigenvalue weighted by molar-refractivity contribution is -0.115. The van der Waals surface area contributed by atoms with E-state index in [4.69, 9.17) is 4.42 Å². The second-order valence-corrected chi connectivity index (χ2v) is 8.76. The fraction of sp³-hybridized carbons (Fsp3) is 0.120. The quantitative estimate of drug-likeness (QED) is 0.295. The predicted octanol–water partition coefficient (Wildman–Crippen LogP) is 5.08. The van der Waals surface area contributed by atoms with Crippen LogP contribution in [0.2, 0.25) is 0 Å². The molecule has 0 aliphatic carbocycles. The van der Waals surface area contributed by atoms with Crippen molar-refractivity contribution in [3.63, 3.8) is 0 Å². The Morgan fingerprint density at radius 2 is 1.97 bits per heavy atom. The van der Waals surface area contributed by atoms with Crippen molar-refractivity contribution < 1.29 is 18.4 Å². The molecule has 3 aromatic heterocycles. The lowest BCUT2D eigenvalue weighted by atomic mass is 10.1. The van der Waals surface area contributed by atoms with Crippen LogP contribution in [0.15, 0.2) is 64.6 Å². The van der Waals surface area contributed by atoms with Crippen LogP contribution < -0.4 is 10.6 Å². The maximum Gasteiger partial charge on any atom is 0.260 e. The number of hydrogen-bond acceptors (Lipinski definition) is 6. The summed E-state index contributed by atoms with van der Waals surface area (Å²) in [5.74, 6) is 0.318. The zero-order chi connectivity index (χ0) is 24.4. The van der Waals surface area contributed by atoms with E-state index in [2.05, 4.69) is 25.6 Å². The van der Waals surface area contributed by atoms with E-state index in [0.717, 1.165) is 11.0 Å². The first-order chi connectivity index (χ1) is 16.9. The average Bonchev–Trinajstić information content (AvgIpc) is 3.55. The first-order valence-electron chi connectivity index (χ1n) is 10.8. The highest BCUT2D eigenvalue weighted by atomic mass is 32.1. The van der Waals surface area contributed by atoms with Crippen LogP contribution in [0.25, 0.3) is 11.0 Å². The van der Waals surface area contributed by atoms with Gasteiger partial charge in [-0.25, -0.2) is 14.4 Å². The molecular formula is C25H20FN5O3S. The van der Waals surface area contributed by atoms with Crippen LogP contribution in [0.3, 0.4) is 0 Å². The largest absolute Gasteiger partial charge is 0.469 e. The van der Waals surface area contributed by atoms with Crippen molar-refractivity contribution in [3.05, 3.63) is 94.4 Å². The summed E-state index contributed by atoms with van der Waals surface area (Å²) in [5, 5.41) is 7.69. The zero-order valence-corrected chi connectivity index (χ0v) is 19.4. The Kier molecular flexibility index (Phi) is 6.11. The summed E-state index contributed by atoms with van der Waals surface area (Å²) in [5.41, 5.74) is 3.60. The number of fused-ring (bicyclic) bond motifs is 1. The van der Waals surface area contributed by atoms with Gasteiger partial charge in [-0.3, -0.25) is 14.9 Å². The SMILES string of the molecule is Cc1occc1C(=O)Nc1nc(CC(=O)Nc2ccc3nc(Cc4ccccc4F)[nH]c3c2)cs1. The Morgan fingerprint density at radius 1 is 1.11 bits per heavy atom. The van der Waals surface area contributed by atoms with Crippen molar-refractivity contribution in [2.45, 2.75) is 19.8 Å². The first-order valence-corrected chi connectivity index (χ1v) is 11.6. The van der Waals surface area contributed by atoms with Crippen LogP contribution in [-0.2, 0) is 17.6 Å². The van der Waals surface area contributed by atoms with E-state index in [1.807, 2.05) is 0 Å². The van der Waals surface area contributed by atoms with Crippen molar-refractivity contribution in [1.82, 2.24) is 15.0 Å². The molecule has 35 heavy (non-hydrogen) atoms. The Bertz CT molecular complexity index is 1540. The number of anilines is 2. The summed E-state index contributed by atoms with van der Waals surface area (Å²) >= 11 is 1.24. The number of nitrogens with one attached hydrogen (secondary N) is 3. The Labute approximate surface area is 203 Å². The molecule has 0 aliphatic heterocycles. The Balaban J connectivity index is 1.21. The van der Waals surface area contributed by atoms with Crippen molar-refractivity contribution in [1.29, 1.82) is 0 Å². The van der Waals surface area contributed by atoms with Gasteiger partial charge in [-0.2, -0.15) is 0 Å². The third-order valence-electron chi connectivity index (χ3n) is 5.35. The number of halogens is 1. The molecule has 3 N–H and O–H groups in total. The van der Waals surface area contributed by atoms with E-state index in [9.17, 15) is 14.0 Å². The molecule has 0 saturated carbocycles. The minimum atomic E-state index is -0.316. The van der Waals surface area contributed by atoms with Gasteiger partial charge in [-0.1, -0.05) is 18.2 Å². The molecular weight excluding hydrogens is 469 g/mol. The van der Waals surface area contributed by atoms with Gasteiger partial charge in [-0.15, -0.1) is 11.3 Å². The van der Waals surface area contributed by atoms with Crippen molar-refractivity contribution in [3.8, 4) is 0 Å². The second kappa shape index (κ2) is 9.51. The fourth-order valence-electron chi connectivity index (χ4n) is 3.65. The predicted molar refractivity (Wildman–Crippen MR) is 131 cm³/mol. The number of nitrogens with zero attached hydrogens (tertiary/aromatic N) is 2. The molecule has 0 saturated heterocycles. The molecule has 0 radical (unpaired) electrons. The number of rotatable bonds is 7. The van der Waals surface area contributed by atoms with E-state index in [0.29, 0.717) is 45.6 Å². The van der Waals surface area contributed by atoms with Crippen LogP contribution in [0, 0.1) is 12.7 Å². The van der Waals surface area contributed by atoms with Gasteiger partial charge in [0.05, 0.1) is 35.0 Å². The molecule has 0 bridgehead atoms. The van der Waals surface area contributed by atoms with Crippen molar-refractivity contribution in [2.24, 2.45) is 0 Å². The van der Waals surface area contributed by atoms with Gasteiger partial charge in [0.25, 0.3) is 5.91 Å². The standard InChI is InChI=1S/C25H20FN5O3S/c1-14-18(8-9-34-14)24(33)31-25-28-17(13-35-25)12-23(32)27-16-6-7-20-21(11-16)30-22(29-20)10-15-4-2-3-5-19(15)26/h2-9,11,13H,10,12H2,1H3,(H,27,32)(H,29,30)(H,28,31,33). The number of carbonyl (C=O) groups excluding carboxylic acids is 2. The summed E-state index contributed by atoms with van der Waals surface area (Å²) < 4.78 is 19.1. The van der Waals surface area contributed by atoms with Crippen LogP contribution in [0.5, 0.6) is 0 Å². The molecule has 0 aliphatic rings. The van der Waals surface area contributed by atoms with Crippen LogP contribution in [0.1, 0.15) is 33.2 Å². The zero-order valence-electron chi connectivity index (χ0n) is 18.6. The number of benzene rings is 2. The van der Waals surface area contributed by atoms with Gasteiger partial charge in [-0.05, 0) is 42.8 Å². The number of aromatic amines is 1. The number of imidazole rings is 1. The van der Waals surface area contributed by atoms with Crippen molar-refractivity contribution in [2.75, 3.05) is 10.6 Å². The molecule has 5 rings (SSSR count). The molecule has 2 amide bonds. The molecule has 2 aromatic carbocycles. The lowest BCUT2D eigenvalue weighted by Crippen LogP contribution is -2.15. The number of hydrogen-bond donors (Lipinski definition) is 3. The summed E-state index contributed by atoms with van der Waals surface area (Å²) in [6.07, 6.45) is 1.84. The molecule has 10 heteroatoms. The highest BCUT2D eigenvalue weighted by Crippen LogP contribution is 2.21. The third-order valence-corrected chi connectivity index (χ3v) is 6.15. The Hall–Kier alpha value is -4.31. The maximum atomic E-state index is 13.9. The van der Waals surface area contributed by atoms with Gasteiger partial charge in [0.1, 0.15) is 17.4 Å². The van der Waals surface area contributed by atoms with E-state index in [1.54, 1.807) is 54.8 Å². The first kappa shape index (κ1) is 22.5. The van der Waals surface area contributed by atoms with Gasteiger partial charge in [0.2, 0.25) is 5.91 Å². The average molecular weight is 490 g/mol. The Morgan fingerprint density at radius 3 is 2.77 bits per heavy atom. The number of aromatic nitrogens is 3. The number of amides is 2. The number of carbonyl (C=O) groups is 2. The monoisotopic (exact) mass is 489 g/mol. The third kappa shape index (κ3) is 5.12. The van der Waals surface area contributed by atoms with Gasteiger partial charge < -0.3 is 14.7 Å². The lowest BCUT2D eigenvalue weighted by Gasteiger charge is -2.04. The van der Waals surface area contributed by atoms with Gasteiger partial charge >= 0.3 is 0 Å². The van der Waals surface area contributed by atoms with Gasteiger partial charge in [0.15, 0.2) is 5.13 Å². The number of aryl methyl sites for hydroxylation is 1. The molecule has 5 aromatic rings. The smallest absolute Gasteiger partial charge is 0.260 e. The van der Waals surface area contributed by atoms with E-state index >= 15 is 0 Å². The fourth-order valence-corrected chi connectivity index (χ4v) is 4.35. The molecule has 0 atom stereocenters. The summed E-state index contributed by atoms with van der Waals surface area (Å²) in [6, 6.07) is 13.5. The van der Waals surface area contributed by atoms with Crippen molar-refractivity contribution >= 4 is 45.0 Å². The number of furan rings is 1. The second-order valence-electron chi connectivity index (χ2n) is 7.90. The molecule has 0 spiro atoms. The number of H-pyrrole nitrogens is 1. The highest BCUT2D eigenvalue weighted by molar-refractivity contribution is 7.14. The molecule has 176 valence electrons. The highest BCUT2D eigenvalue weighted by Gasteiger charge is 2.15. The molecule has 8 nitrogen and oxygen atoms in total. The molecule has 0 unspecified atom stereocenters. The van der Waals surface area contributed by atoms with E-state index in [1.165, 1.54) is 23.7 Å². The van der Waals surface area contributed by atoms with Crippen LogP contribution >= 0.6 is 11.3 Å². The maximum absolute atomic E-state index is 13.9. The minimum Gasteiger partial charge on any atom is -0.469 e. The summed E-state index contributed by atoms with van der Waals surface area (Å²) in [4.78, 5) is 36.8. The van der Waals surface area contributed by atoms with Crippen LogP contribution in [0.4, 0.5) is 15.2 Å². The molecule has 0 fully saturated rings. The normalized spacial score (nSPS) is 11.0. The van der Waals surface area contributed by atoms with Gasteiger partial charge in [0, 0.05) is 17.5 Å². The topological polar surface area (TPSA) is 113 Å². The van der Waals surface area contributed by atoms with E-state index < -0.39 is 0 Å². The minimum absolute atomic E-state index is 0.0522. The van der Waals surface area contributed by atoms with Crippen LogP contribution in [-0.4, -0.2) is 26.8 Å². The number of thiazole rings is 1. The summed E-state index contributed by atoms with van der Waals surface area (Å²) in [7, 11) is 0. The van der Waals surface area contributed by atoms with E-state index in [-0.39, 0.29) is 24.1 Å². The molecule has 3 heterocycles. The summed E-state index contributed by atoms with van der Waals surface area (Å²) in [6.45, 7) is 1.71.